The Bertz CT molecular complexity index is 153. The number of nitrogens with zero attached hydrogens (tertiary/aromatic N) is 2. The van der Waals surface area contributed by atoms with Crippen molar-refractivity contribution < 1.29 is 4.74 Å². The average Bonchev–Trinajstić information content (AvgIpc) is 2.53. The van der Waals surface area contributed by atoms with Gasteiger partial charge in [-0.05, 0) is 34.0 Å². The number of unbranched alkanes of at least 4 members (excludes halogenated alkanes) is 1. The van der Waals surface area contributed by atoms with Gasteiger partial charge in [-0.3, -0.25) is 0 Å². The lowest BCUT2D eigenvalue weighted by atomic mass is 10.1. The number of hydrogen-bond acceptors (Lipinski definition) is 3. The van der Waals surface area contributed by atoms with Crippen molar-refractivity contribution in [3.05, 3.63) is 0 Å². The minimum absolute atomic E-state index is 0.510. The largest absolute Gasteiger partial charge is 0.377 e. The van der Waals surface area contributed by atoms with Gasteiger partial charge in [0.05, 0.1) is 12.7 Å². The van der Waals surface area contributed by atoms with Crippen molar-refractivity contribution in [2.24, 2.45) is 0 Å². The zero-order valence-electron chi connectivity index (χ0n) is 16.5. The molecule has 0 aliphatic carbocycles. The fraction of sp³-hybridized carbons (Fsp3) is 1.00. The molecule has 0 atom stereocenters. The lowest BCUT2D eigenvalue weighted by molar-refractivity contribution is 0.00687. The lowest BCUT2D eigenvalue weighted by Gasteiger charge is -2.29. The molecule has 0 aromatic rings. The maximum absolute atomic E-state index is 5.77. The Kier molecular flexibility index (Phi) is 27.2. The molecule has 3 nitrogen and oxygen atoms in total. The van der Waals surface area contributed by atoms with Crippen LogP contribution in [0.1, 0.15) is 67.2 Å². The van der Waals surface area contributed by atoms with Crippen molar-refractivity contribution in [1.82, 2.24) is 9.80 Å². The zero-order valence-corrected chi connectivity index (χ0v) is 16.5. The molecule has 0 radical (unpaired) electrons. The van der Waals surface area contributed by atoms with Crippen molar-refractivity contribution in [2.45, 2.75) is 73.3 Å². The summed E-state index contributed by atoms with van der Waals surface area (Å²) in [4.78, 5) is 4.53. The molecule has 1 fully saturated rings. The van der Waals surface area contributed by atoms with E-state index in [1.54, 1.807) is 0 Å². The Morgan fingerprint density at radius 2 is 1.38 bits per heavy atom. The number of piperidine rings is 1. The molecular weight excluding hydrogens is 260 g/mol. The molecule has 0 spiro atoms. The summed E-state index contributed by atoms with van der Waals surface area (Å²) >= 11 is 0. The molecule has 21 heavy (non-hydrogen) atoms. The Hall–Kier alpha value is -0.120. The van der Waals surface area contributed by atoms with Crippen LogP contribution in [0.5, 0.6) is 0 Å². The second-order valence-corrected chi connectivity index (χ2v) is 5.18. The van der Waals surface area contributed by atoms with Gasteiger partial charge in [-0.2, -0.15) is 0 Å². The van der Waals surface area contributed by atoms with Crippen LogP contribution in [0.2, 0.25) is 0 Å². The highest BCUT2D eigenvalue weighted by Crippen LogP contribution is 2.11. The van der Waals surface area contributed by atoms with Gasteiger partial charge in [0.15, 0.2) is 0 Å². The number of hydrogen-bond donors (Lipinski definition) is 0. The molecule has 1 rings (SSSR count). The highest BCUT2D eigenvalue weighted by molar-refractivity contribution is 4.69. The van der Waals surface area contributed by atoms with Crippen molar-refractivity contribution in [3.63, 3.8) is 0 Å². The number of rotatable bonds is 5. The molecule has 1 saturated heterocycles. The fourth-order valence-electron chi connectivity index (χ4n) is 1.55. The highest BCUT2D eigenvalue weighted by atomic mass is 16.5. The Morgan fingerprint density at radius 1 is 0.952 bits per heavy atom. The quantitative estimate of drug-likeness (QED) is 0.743. The van der Waals surface area contributed by atoms with Crippen molar-refractivity contribution in [3.8, 4) is 0 Å². The van der Waals surface area contributed by atoms with Crippen LogP contribution < -0.4 is 0 Å². The standard InChI is InChI=1S/C10H22N2O.C4H10.2C2H6/c1-11(2)8-9-13-10-4-6-12(3)7-5-10;1-3-4-2;2*1-2/h10H,4-9H2,1-3H3;3-4H2,1-2H3;2*1-2H3. The van der Waals surface area contributed by atoms with Crippen LogP contribution in [-0.4, -0.2) is 63.3 Å². The van der Waals surface area contributed by atoms with E-state index in [9.17, 15) is 0 Å². The number of ether oxygens (including phenoxy) is 1. The second-order valence-electron chi connectivity index (χ2n) is 5.18. The summed E-state index contributed by atoms with van der Waals surface area (Å²) in [6.07, 6.45) is 5.55. The van der Waals surface area contributed by atoms with Gasteiger partial charge in [0.1, 0.15) is 0 Å². The highest BCUT2D eigenvalue weighted by Gasteiger charge is 2.16. The van der Waals surface area contributed by atoms with Crippen molar-refractivity contribution >= 4 is 0 Å². The van der Waals surface area contributed by atoms with Gasteiger partial charge in [-0.25, -0.2) is 0 Å². The van der Waals surface area contributed by atoms with E-state index in [1.807, 2.05) is 27.7 Å². The van der Waals surface area contributed by atoms with Crippen LogP contribution in [0.15, 0.2) is 0 Å². The molecule has 132 valence electrons. The van der Waals surface area contributed by atoms with E-state index < -0.39 is 0 Å². The van der Waals surface area contributed by atoms with E-state index in [4.69, 9.17) is 4.74 Å². The summed E-state index contributed by atoms with van der Waals surface area (Å²) in [5, 5.41) is 0. The normalized spacial score (nSPS) is 15.1. The van der Waals surface area contributed by atoms with E-state index in [0.717, 1.165) is 13.2 Å². The van der Waals surface area contributed by atoms with Gasteiger partial charge < -0.3 is 14.5 Å². The van der Waals surface area contributed by atoms with Crippen LogP contribution in [0.4, 0.5) is 0 Å². The van der Waals surface area contributed by atoms with E-state index in [2.05, 4.69) is 44.8 Å². The third-order valence-electron chi connectivity index (χ3n) is 3.06. The van der Waals surface area contributed by atoms with E-state index >= 15 is 0 Å². The molecule has 0 amide bonds. The Balaban J connectivity index is -0.000000343. The maximum Gasteiger partial charge on any atom is 0.0600 e. The first kappa shape index (κ1) is 25.8. The molecule has 0 aromatic heterocycles. The van der Waals surface area contributed by atoms with Crippen LogP contribution in [0.3, 0.4) is 0 Å². The van der Waals surface area contributed by atoms with E-state index in [0.29, 0.717) is 6.10 Å². The van der Waals surface area contributed by atoms with Crippen LogP contribution in [0, 0.1) is 0 Å². The van der Waals surface area contributed by atoms with Gasteiger partial charge in [0, 0.05) is 19.6 Å². The number of likely N-dealkylation sites (tertiary alicyclic amines) is 1. The predicted molar refractivity (Wildman–Crippen MR) is 98.3 cm³/mol. The van der Waals surface area contributed by atoms with Gasteiger partial charge in [-0.1, -0.05) is 54.4 Å². The van der Waals surface area contributed by atoms with Crippen LogP contribution in [0.25, 0.3) is 0 Å². The molecule has 0 aromatic carbocycles. The molecule has 0 unspecified atom stereocenters. The SMILES string of the molecule is CC.CC.CCCC.CN(C)CCOC1CCN(C)CC1. The monoisotopic (exact) mass is 304 g/mol. The van der Waals surface area contributed by atoms with E-state index in [-0.39, 0.29) is 0 Å². The number of likely N-dealkylation sites (N-methyl/N-ethyl adjacent to an activating group) is 1. The molecule has 1 aliphatic heterocycles. The third kappa shape index (κ3) is 22.3. The first-order chi connectivity index (χ1) is 10.1. The summed E-state index contributed by atoms with van der Waals surface area (Å²) < 4.78 is 5.77. The molecule has 0 N–H and O–H groups in total. The smallest absolute Gasteiger partial charge is 0.0600 e. The molecule has 0 saturated carbocycles. The molecule has 1 heterocycles. The Morgan fingerprint density at radius 3 is 1.71 bits per heavy atom. The van der Waals surface area contributed by atoms with Gasteiger partial charge in [-0.15, -0.1) is 0 Å². The first-order valence-electron chi connectivity index (χ1n) is 9.05. The topological polar surface area (TPSA) is 15.7 Å². The minimum Gasteiger partial charge on any atom is -0.377 e. The van der Waals surface area contributed by atoms with Gasteiger partial charge in [0.2, 0.25) is 0 Å². The van der Waals surface area contributed by atoms with Crippen molar-refractivity contribution in [2.75, 3.05) is 47.4 Å². The maximum atomic E-state index is 5.77. The first-order valence-corrected chi connectivity index (χ1v) is 9.05. The minimum atomic E-state index is 0.510. The van der Waals surface area contributed by atoms with Gasteiger partial charge >= 0.3 is 0 Å². The molecule has 0 bridgehead atoms. The summed E-state index contributed by atoms with van der Waals surface area (Å²) in [5.41, 5.74) is 0. The predicted octanol–water partition coefficient (Wildman–Crippen LogP) is 4.52. The lowest BCUT2D eigenvalue weighted by Crippen LogP contribution is -2.35. The summed E-state index contributed by atoms with van der Waals surface area (Å²) in [7, 11) is 6.34. The van der Waals surface area contributed by atoms with E-state index in [1.165, 1.54) is 38.8 Å². The second kappa shape index (κ2) is 22.2. The molecular formula is C18H44N2O. The summed E-state index contributed by atoms with van der Waals surface area (Å²) in [6, 6.07) is 0. The zero-order chi connectivity index (χ0) is 17.1. The molecule has 3 heteroatoms. The van der Waals surface area contributed by atoms with Crippen LogP contribution in [-0.2, 0) is 4.74 Å². The fourth-order valence-corrected chi connectivity index (χ4v) is 1.55. The van der Waals surface area contributed by atoms with Gasteiger partial charge in [0.25, 0.3) is 0 Å². The molecule has 1 aliphatic rings. The van der Waals surface area contributed by atoms with Crippen molar-refractivity contribution in [1.29, 1.82) is 0 Å². The summed E-state index contributed by atoms with van der Waals surface area (Å²) in [6.45, 7) is 16.6. The average molecular weight is 305 g/mol. The van der Waals surface area contributed by atoms with Crippen LogP contribution >= 0.6 is 0 Å². The third-order valence-corrected chi connectivity index (χ3v) is 3.06. The Labute approximate surface area is 136 Å². The summed E-state index contributed by atoms with van der Waals surface area (Å²) in [5.74, 6) is 0.